The predicted molar refractivity (Wildman–Crippen MR) is 153 cm³/mol. The second-order valence-corrected chi connectivity index (χ2v) is 11.6. The van der Waals surface area contributed by atoms with Crippen molar-refractivity contribution in [2.75, 3.05) is 39.4 Å². The van der Waals surface area contributed by atoms with Crippen molar-refractivity contribution in [1.29, 1.82) is 0 Å². The van der Waals surface area contributed by atoms with Crippen LogP contribution in [0.3, 0.4) is 0 Å². The molecule has 0 aliphatic rings. The highest BCUT2D eigenvalue weighted by Gasteiger charge is 2.23. The number of aromatic nitrogens is 1. The van der Waals surface area contributed by atoms with Crippen LogP contribution in [0.1, 0.15) is 47.8 Å². The number of pyridine rings is 1. The zero-order valence-electron chi connectivity index (χ0n) is 23.4. The molecule has 0 atom stereocenters. The Bertz CT molecular complexity index is 1510. The van der Waals surface area contributed by atoms with Gasteiger partial charge in [0.25, 0.3) is 0 Å². The number of rotatable bonds is 9. The van der Waals surface area contributed by atoms with Crippen LogP contribution in [0.25, 0.3) is 23.3 Å². The molecular weight excluding hydrogens is 520 g/mol. The van der Waals surface area contributed by atoms with Gasteiger partial charge in [0.15, 0.2) is 0 Å². The highest BCUT2D eigenvalue weighted by atomic mass is 32.2. The van der Waals surface area contributed by atoms with Gasteiger partial charge in [-0.05, 0) is 46.9 Å². The first-order valence-electron chi connectivity index (χ1n) is 12.0. The lowest BCUT2D eigenvalue weighted by Gasteiger charge is -2.25. The van der Waals surface area contributed by atoms with Crippen molar-refractivity contribution in [3.05, 3.63) is 64.7 Å². The lowest BCUT2D eigenvalue weighted by atomic mass is 9.83. The van der Waals surface area contributed by atoms with E-state index in [-0.39, 0.29) is 16.7 Å². The van der Waals surface area contributed by atoms with Crippen molar-refractivity contribution in [3.8, 4) is 28.6 Å². The summed E-state index contributed by atoms with van der Waals surface area (Å²) in [6.45, 7) is 6.28. The summed E-state index contributed by atoms with van der Waals surface area (Å²) in [6.07, 6.45) is 4.64. The van der Waals surface area contributed by atoms with Crippen molar-refractivity contribution < 1.29 is 32.2 Å². The summed E-state index contributed by atoms with van der Waals surface area (Å²) in [5.41, 5.74) is 4.06. The number of hydrogen-bond donors (Lipinski definition) is 1. The van der Waals surface area contributed by atoms with Crippen molar-refractivity contribution in [2.24, 2.45) is 0 Å². The molecule has 1 N–H and O–H groups in total. The molecule has 0 saturated carbocycles. The van der Waals surface area contributed by atoms with E-state index < -0.39 is 16.0 Å². The number of benzene rings is 2. The Kier molecular flexibility index (Phi) is 8.91. The van der Waals surface area contributed by atoms with E-state index in [4.69, 9.17) is 18.9 Å². The standard InChI is InChI=1S/C29H34N2O7S/c1-29(2,3)24-16-20(22-13-14-25(35-4)30-27(22)37-6)15-19(26(24)36-5)10-9-18-11-12-21(31-39(8,33)34)17-23(18)28(32)38-7/h9-17,31H,1-8H3. The van der Waals surface area contributed by atoms with Crippen LogP contribution in [-0.2, 0) is 20.2 Å². The Balaban J connectivity index is 2.22. The van der Waals surface area contributed by atoms with Crippen molar-refractivity contribution >= 4 is 33.8 Å². The van der Waals surface area contributed by atoms with E-state index >= 15 is 0 Å². The summed E-state index contributed by atoms with van der Waals surface area (Å²) in [7, 11) is 2.45. The van der Waals surface area contributed by atoms with Crippen LogP contribution in [0.4, 0.5) is 5.69 Å². The largest absolute Gasteiger partial charge is 0.496 e. The highest BCUT2D eigenvalue weighted by molar-refractivity contribution is 7.92. The molecule has 0 radical (unpaired) electrons. The summed E-state index contributed by atoms with van der Waals surface area (Å²) < 4.78 is 47.4. The number of esters is 1. The molecule has 2 aromatic carbocycles. The Labute approximate surface area is 229 Å². The molecular formula is C29H34N2O7S. The molecule has 10 heteroatoms. The van der Waals surface area contributed by atoms with Gasteiger partial charge >= 0.3 is 5.97 Å². The first kappa shape index (κ1) is 29.5. The molecule has 39 heavy (non-hydrogen) atoms. The van der Waals surface area contributed by atoms with E-state index in [2.05, 4.69) is 30.5 Å². The van der Waals surface area contributed by atoms with E-state index in [0.29, 0.717) is 23.1 Å². The summed E-state index contributed by atoms with van der Waals surface area (Å²) in [5, 5.41) is 0. The van der Waals surface area contributed by atoms with Crippen LogP contribution in [0.15, 0.2) is 42.5 Å². The number of methoxy groups -OCH3 is 4. The molecule has 0 bridgehead atoms. The summed E-state index contributed by atoms with van der Waals surface area (Å²) >= 11 is 0. The van der Waals surface area contributed by atoms with Gasteiger partial charge in [-0.1, -0.05) is 39.0 Å². The van der Waals surface area contributed by atoms with E-state index in [1.807, 2.05) is 24.3 Å². The van der Waals surface area contributed by atoms with Crippen LogP contribution >= 0.6 is 0 Å². The zero-order valence-corrected chi connectivity index (χ0v) is 24.2. The SMILES string of the molecule is COC(=O)c1cc(NS(C)(=O)=O)ccc1C=Cc1cc(-c2ccc(OC)nc2OC)cc(C(C)(C)C)c1OC. The number of nitrogens with zero attached hydrogens (tertiary/aromatic N) is 1. The first-order chi connectivity index (χ1) is 18.3. The maximum absolute atomic E-state index is 12.5. The smallest absolute Gasteiger partial charge is 0.338 e. The summed E-state index contributed by atoms with van der Waals surface area (Å²) in [6, 6.07) is 12.3. The third kappa shape index (κ3) is 7.08. The number of anilines is 1. The molecule has 0 fully saturated rings. The molecule has 1 heterocycles. The quantitative estimate of drug-likeness (QED) is 0.276. The topological polar surface area (TPSA) is 113 Å². The van der Waals surface area contributed by atoms with E-state index in [1.54, 1.807) is 45.6 Å². The fraction of sp³-hybridized carbons (Fsp3) is 0.310. The normalized spacial score (nSPS) is 11.8. The minimum absolute atomic E-state index is 0.203. The Hall–Kier alpha value is -4.05. The van der Waals surface area contributed by atoms with Crippen LogP contribution in [0, 0.1) is 0 Å². The number of nitrogens with one attached hydrogen (secondary N) is 1. The maximum atomic E-state index is 12.5. The number of carbonyl (C=O) groups excluding carboxylic acids is 1. The predicted octanol–water partition coefficient (Wildman–Crippen LogP) is 5.40. The van der Waals surface area contributed by atoms with Crippen LogP contribution in [-0.4, -0.2) is 54.1 Å². The van der Waals surface area contributed by atoms with Gasteiger partial charge in [-0.3, -0.25) is 4.72 Å². The number of carbonyl (C=O) groups is 1. The van der Waals surface area contributed by atoms with Gasteiger partial charge in [-0.25, -0.2) is 13.2 Å². The minimum Gasteiger partial charge on any atom is -0.496 e. The summed E-state index contributed by atoms with van der Waals surface area (Å²) in [4.78, 5) is 17.0. The van der Waals surface area contributed by atoms with Gasteiger partial charge in [-0.2, -0.15) is 4.98 Å². The van der Waals surface area contributed by atoms with Crippen molar-refractivity contribution in [2.45, 2.75) is 26.2 Å². The van der Waals surface area contributed by atoms with Crippen LogP contribution in [0.2, 0.25) is 0 Å². The van der Waals surface area contributed by atoms with Gasteiger partial charge < -0.3 is 18.9 Å². The zero-order chi connectivity index (χ0) is 29.0. The molecule has 0 spiro atoms. The molecule has 1 aromatic heterocycles. The maximum Gasteiger partial charge on any atom is 0.338 e. The van der Waals surface area contributed by atoms with Gasteiger partial charge in [0.1, 0.15) is 5.75 Å². The monoisotopic (exact) mass is 554 g/mol. The van der Waals surface area contributed by atoms with Crippen LogP contribution < -0.4 is 18.9 Å². The Morgan fingerprint density at radius 1 is 0.897 bits per heavy atom. The van der Waals surface area contributed by atoms with Crippen LogP contribution in [0.5, 0.6) is 17.5 Å². The second kappa shape index (κ2) is 11.8. The van der Waals surface area contributed by atoms with Crippen molar-refractivity contribution in [1.82, 2.24) is 4.98 Å². The molecule has 0 unspecified atom stereocenters. The molecule has 9 nitrogen and oxygen atoms in total. The van der Waals surface area contributed by atoms with E-state index in [0.717, 1.165) is 28.5 Å². The van der Waals surface area contributed by atoms with Gasteiger partial charge in [0.05, 0.1) is 40.3 Å². The average molecular weight is 555 g/mol. The number of ether oxygens (including phenoxy) is 4. The Morgan fingerprint density at radius 2 is 1.59 bits per heavy atom. The van der Waals surface area contributed by atoms with E-state index in [9.17, 15) is 13.2 Å². The molecule has 208 valence electrons. The summed E-state index contributed by atoms with van der Waals surface area (Å²) in [5.74, 6) is 0.926. The molecule has 0 aliphatic carbocycles. The lowest BCUT2D eigenvalue weighted by molar-refractivity contribution is 0.0600. The molecule has 0 saturated heterocycles. The first-order valence-corrected chi connectivity index (χ1v) is 13.9. The third-order valence-electron chi connectivity index (χ3n) is 5.88. The van der Waals surface area contributed by atoms with Crippen molar-refractivity contribution in [3.63, 3.8) is 0 Å². The number of hydrogen-bond acceptors (Lipinski definition) is 8. The highest BCUT2D eigenvalue weighted by Crippen LogP contribution is 2.41. The Morgan fingerprint density at radius 3 is 2.15 bits per heavy atom. The van der Waals surface area contributed by atoms with E-state index in [1.165, 1.54) is 13.2 Å². The fourth-order valence-corrected chi connectivity index (χ4v) is 4.63. The van der Waals surface area contributed by atoms with Gasteiger partial charge in [0, 0.05) is 28.4 Å². The molecule has 0 aliphatic heterocycles. The lowest BCUT2D eigenvalue weighted by Crippen LogP contribution is -2.14. The number of sulfonamides is 1. The average Bonchev–Trinajstić information content (AvgIpc) is 2.89. The second-order valence-electron chi connectivity index (χ2n) is 9.81. The molecule has 3 aromatic rings. The van der Waals surface area contributed by atoms with Gasteiger partial charge in [0.2, 0.25) is 21.8 Å². The minimum atomic E-state index is -3.52. The third-order valence-corrected chi connectivity index (χ3v) is 6.49. The fourth-order valence-electron chi connectivity index (χ4n) is 4.07. The van der Waals surface area contributed by atoms with Gasteiger partial charge in [-0.15, -0.1) is 0 Å². The molecule has 0 amide bonds. The molecule has 3 rings (SSSR count).